The molecule has 3 aromatic carbocycles. The van der Waals surface area contributed by atoms with Crippen LogP contribution in [0, 0.1) is 12.3 Å². The number of nitrogen functional groups attached to an aromatic ring is 1. The van der Waals surface area contributed by atoms with E-state index >= 15 is 0 Å². The van der Waals surface area contributed by atoms with Crippen molar-refractivity contribution in [3.05, 3.63) is 94.0 Å². The Hall–Kier alpha value is -3.46. The van der Waals surface area contributed by atoms with Crippen LogP contribution in [0.1, 0.15) is 17.2 Å². The van der Waals surface area contributed by atoms with E-state index in [1.165, 1.54) is 17.0 Å². The molecule has 2 amide bonds. The van der Waals surface area contributed by atoms with E-state index in [4.69, 9.17) is 35.4 Å². The van der Waals surface area contributed by atoms with Crippen LogP contribution in [0.2, 0.25) is 10.0 Å². The number of carbonyl (C=O) groups excluding carboxylic acids is 2. The van der Waals surface area contributed by atoms with Gasteiger partial charge >= 0.3 is 5.91 Å². The molecule has 7 heteroatoms. The summed E-state index contributed by atoms with van der Waals surface area (Å²) in [6.45, 7) is 0.282. The summed E-state index contributed by atoms with van der Waals surface area (Å²) in [6.07, 6.45) is 5.43. The second-order valence-electron chi connectivity index (χ2n) is 6.69. The Bertz CT molecular complexity index is 1130. The molecule has 0 bridgehead atoms. The topological polar surface area (TPSA) is 75.4 Å². The molecule has 0 aliphatic heterocycles. The lowest BCUT2D eigenvalue weighted by atomic mass is 10.0. The number of nitrogens with one attached hydrogen (secondary N) is 1. The van der Waals surface area contributed by atoms with Crippen LogP contribution in [0.5, 0.6) is 0 Å². The van der Waals surface area contributed by atoms with Crippen molar-refractivity contribution in [1.29, 1.82) is 0 Å². The van der Waals surface area contributed by atoms with Crippen LogP contribution in [-0.2, 0) is 16.1 Å². The second kappa shape index (κ2) is 10.0. The number of terminal acetylenes is 1. The first-order valence-electron chi connectivity index (χ1n) is 9.32. The lowest BCUT2D eigenvalue weighted by Crippen LogP contribution is -2.43. The van der Waals surface area contributed by atoms with E-state index in [1.54, 1.807) is 30.3 Å². The highest BCUT2D eigenvalue weighted by Crippen LogP contribution is 2.33. The number of nitrogens with zero attached hydrogens (tertiary/aromatic N) is 1. The van der Waals surface area contributed by atoms with Crippen molar-refractivity contribution >= 4 is 46.4 Å². The largest absolute Gasteiger partial charge is 0.399 e. The van der Waals surface area contributed by atoms with Crippen LogP contribution in [0.15, 0.2) is 72.8 Å². The maximum atomic E-state index is 13.3. The molecule has 3 rings (SSSR count). The predicted octanol–water partition coefficient (Wildman–Crippen LogP) is 4.60. The number of carbonyl (C=O) groups is 2. The third-order valence-corrected chi connectivity index (χ3v) is 5.33. The second-order valence-corrected chi connectivity index (χ2v) is 7.50. The molecule has 0 aliphatic rings. The molecular formula is C24H19Cl2N3O2. The summed E-state index contributed by atoms with van der Waals surface area (Å²) < 4.78 is 0. The molecule has 0 saturated carbocycles. The molecule has 1 atom stereocenters. The summed E-state index contributed by atoms with van der Waals surface area (Å²) >= 11 is 12.2. The number of nitrogens with two attached hydrogens (primary N) is 1. The zero-order valence-corrected chi connectivity index (χ0v) is 17.9. The molecule has 0 radical (unpaired) electrons. The average Bonchev–Trinajstić information content (AvgIpc) is 2.79. The van der Waals surface area contributed by atoms with Crippen molar-refractivity contribution in [3.8, 4) is 12.3 Å². The summed E-state index contributed by atoms with van der Waals surface area (Å²) in [7, 11) is 0. The third-order valence-electron chi connectivity index (χ3n) is 4.59. The van der Waals surface area contributed by atoms with Gasteiger partial charge in [0, 0.05) is 17.9 Å². The van der Waals surface area contributed by atoms with Gasteiger partial charge in [-0.2, -0.15) is 0 Å². The molecule has 0 fully saturated rings. The van der Waals surface area contributed by atoms with Gasteiger partial charge in [-0.05, 0) is 47.4 Å². The fraction of sp³-hybridized carbons (Fsp3) is 0.0833. The maximum Gasteiger partial charge on any atom is 0.303 e. The van der Waals surface area contributed by atoms with E-state index in [2.05, 4.69) is 11.2 Å². The van der Waals surface area contributed by atoms with Crippen molar-refractivity contribution in [1.82, 2.24) is 5.32 Å². The third kappa shape index (κ3) is 5.37. The number of benzene rings is 3. The molecule has 3 aromatic rings. The summed E-state index contributed by atoms with van der Waals surface area (Å²) in [6, 6.07) is 19.7. The number of rotatable bonds is 6. The van der Waals surface area contributed by atoms with Crippen LogP contribution >= 0.6 is 23.2 Å². The fourth-order valence-electron chi connectivity index (χ4n) is 3.07. The SMILES string of the molecule is C#CC(=O)N(c1ccc(Cl)c(Cl)c1)C(C(=O)NCc1ccccc1)c1ccc(N)cc1. The molecule has 1 unspecified atom stereocenters. The molecule has 0 heterocycles. The number of hydrogen-bond acceptors (Lipinski definition) is 3. The van der Waals surface area contributed by atoms with Crippen LogP contribution in [0.25, 0.3) is 0 Å². The molecular weight excluding hydrogens is 433 g/mol. The van der Waals surface area contributed by atoms with E-state index in [9.17, 15) is 9.59 Å². The van der Waals surface area contributed by atoms with Crippen molar-refractivity contribution in [3.63, 3.8) is 0 Å². The fourth-order valence-corrected chi connectivity index (χ4v) is 3.36. The molecule has 5 nitrogen and oxygen atoms in total. The van der Waals surface area contributed by atoms with E-state index < -0.39 is 17.9 Å². The highest BCUT2D eigenvalue weighted by molar-refractivity contribution is 6.42. The van der Waals surface area contributed by atoms with E-state index in [1.807, 2.05) is 30.3 Å². The van der Waals surface area contributed by atoms with Gasteiger partial charge in [0.2, 0.25) is 5.91 Å². The van der Waals surface area contributed by atoms with E-state index in [0.717, 1.165) is 5.56 Å². The molecule has 0 spiro atoms. The standard InChI is InChI=1S/C24H19Cl2N3O2/c1-2-22(30)29(19-12-13-20(25)21(26)14-19)23(17-8-10-18(27)11-9-17)24(31)28-15-16-6-4-3-5-7-16/h1,3-14,23H,15,27H2,(H,28,31). The molecule has 31 heavy (non-hydrogen) atoms. The van der Waals surface area contributed by atoms with Crippen molar-refractivity contribution in [2.45, 2.75) is 12.6 Å². The normalized spacial score (nSPS) is 11.3. The van der Waals surface area contributed by atoms with Crippen LogP contribution in [0.4, 0.5) is 11.4 Å². The summed E-state index contributed by atoms with van der Waals surface area (Å²) in [5.74, 6) is 0.982. The molecule has 0 aliphatic carbocycles. The summed E-state index contributed by atoms with van der Waals surface area (Å²) in [5.41, 5.74) is 8.12. The molecule has 0 aromatic heterocycles. The van der Waals surface area contributed by atoms with Gasteiger partial charge in [0.05, 0.1) is 10.0 Å². The minimum atomic E-state index is -1.05. The van der Waals surface area contributed by atoms with Crippen molar-refractivity contribution < 1.29 is 9.59 Å². The van der Waals surface area contributed by atoms with Gasteiger partial charge in [-0.3, -0.25) is 14.5 Å². The van der Waals surface area contributed by atoms with Gasteiger partial charge in [0.1, 0.15) is 6.04 Å². The van der Waals surface area contributed by atoms with Crippen LogP contribution in [0.3, 0.4) is 0 Å². The Balaban J connectivity index is 2.04. The van der Waals surface area contributed by atoms with Gasteiger partial charge < -0.3 is 11.1 Å². The number of hydrogen-bond donors (Lipinski definition) is 2. The van der Waals surface area contributed by atoms with Gasteiger partial charge in [-0.15, -0.1) is 6.42 Å². The predicted molar refractivity (Wildman–Crippen MR) is 125 cm³/mol. The number of halogens is 2. The zero-order chi connectivity index (χ0) is 22.4. The Morgan fingerprint density at radius 3 is 2.29 bits per heavy atom. The first-order chi connectivity index (χ1) is 14.9. The van der Waals surface area contributed by atoms with Gasteiger partial charge in [-0.25, -0.2) is 0 Å². The number of anilines is 2. The summed E-state index contributed by atoms with van der Waals surface area (Å²) in [5, 5.41) is 3.42. The Morgan fingerprint density at radius 2 is 1.68 bits per heavy atom. The van der Waals surface area contributed by atoms with E-state index in [0.29, 0.717) is 22.0 Å². The lowest BCUT2D eigenvalue weighted by Gasteiger charge is -2.30. The molecule has 156 valence electrons. The first kappa shape index (κ1) is 22.2. The highest BCUT2D eigenvalue weighted by atomic mass is 35.5. The molecule has 3 N–H and O–H groups in total. The zero-order valence-electron chi connectivity index (χ0n) is 16.4. The maximum absolute atomic E-state index is 13.3. The van der Waals surface area contributed by atoms with Crippen molar-refractivity contribution in [2.75, 3.05) is 10.6 Å². The average molecular weight is 452 g/mol. The number of amides is 2. The molecule has 0 saturated heterocycles. The summed E-state index contributed by atoms with van der Waals surface area (Å²) in [4.78, 5) is 27.3. The quantitative estimate of drug-likeness (QED) is 0.424. The van der Waals surface area contributed by atoms with Gasteiger partial charge in [-0.1, -0.05) is 65.7 Å². The first-order valence-corrected chi connectivity index (χ1v) is 10.1. The monoisotopic (exact) mass is 451 g/mol. The minimum Gasteiger partial charge on any atom is -0.399 e. The minimum absolute atomic E-state index is 0.231. The van der Waals surface area contributed by atoms with Crippen LogP contribution in [-0.4, -0.2) is 11.8 Å². The Kier molecular flexibility index (Phi) is 7.19. The van der Waals surface area contributed by atoms with Gasteiger partial charge in [0.15, 0.2) is 0 Å². The Labute approximate surface area is 190 Å². The van der Waals surface area contributed by atoms with E-state index in [-0.39, 0.29) is 11.6 Å². The van der Waals surface area contributed by atoms with Crippen molar-refractivity contribution in [2.24, 2.45) is 0 Å². The Morgan fingerprint density at radius 1 is 1.00 bits per heavy atom. The van der Waals surface area contributed by atoms with Crippen LogP contribution < -0.4 is 16.0 Å². The van der Waals surface area contributed by atoms with Gasteiger partial charge in [0.25, 0.3) is 0 Å². The smallest absolute Gasteiger partial charge is 0.303 e. The lowest BCUT2D eigenvalue weighted by molar-refractivity contribution is -0.125. The highest BCUT2D eigenvalue weighted by Gasteiger charge is 2.32.